The molecule has 0 spiro atoms. The first-order chi connectivity index (χ1) is 11.6. The van der Waals surface area contributed by atoms with E-state index in [1.54, 1.807) is 19.1 Å². The van der Waals surface area contributed by atoms with E-state index in [2.05, 4.69) is 20.7 Å². The van der Waals surface area contributed by atoms with Gasteiger partial charge in [0.25, 0.3) is 0 Å². The number of carbonyl (C=O) groups excluding carboxylic acids is 1. The van der Waals surface area contributed by atoms with E-state index in [-0.39, 0.29) is 17.1 Å². The number of halogens is 3. The topological polar surface area (TPSA) is 53.3 Å². The fourth-order valence-corrected chi connectivity index (χ4v) is 2.82. The minimum atomic E-state index is -2.93. The van der Waals surface area contributed by atoms with Crippen LogP contribution in [-0.2, 0) is 11.2 Å². The minimum absolute atomic E-state index is 0.0268. The van der Waals surface area contributed by atoms with E-state index in [4.69, 9.17) is 0 Å². The van der Waals surface area contributed by atoms with E-state index in [9.17, 15) is 18.8 Å². The van der Waals surface area contributed by atoms with Crippen LogP contribution < -0.4 is 4.74 Å². The van der Waals surface area contributed by atoms with Gasteiger partial charge in [-0.05, 0) is 72.7 Å². The average Bonchev–Trinajstić information content (AvgIpc) is 2.51. The molecule has 4 nitrogen and oxygen atoms in total. The van der Waals surface area contributed by atoms with Gasteiger partial charge in [-0.3, -0.25) is 4.79 Å². The van der Waals surface area contributed by atoms with Gasteiger partial charge in [0.2, 0.25) is 0 Å². The third-order valence-electron chi connectivity index (χ3n) is 3.63. The molecule has 0 radical (unpaired) electrons. The molecule has 0 aliphatic carbocycles. The number of ketones is 1. The lowest BCUT2D eigenvalue weighted by Gasteiger charge is -2.15. The van der Waals surface area contributed by atoms with E-state index >= 15 is 0 Å². The van der Waals surface area contributed by atoms with Crippen LogP contribution in [0.1, 0.15) is 18.1 Å². The molecule has 25 heavy (non-hydrogen) atoms. The van der Waals surface area contributed by atoms with Crippen molar-refractivity contribution in [1.82, 2.24) is 4.90 Å². The zero-order valence-corrected chi connectivity index (χ0v) is 16.2. The molecule has 1 unspecified atom stereocenters. The van der Waals surface area contributed by atoms with Crippen molar-refractivity contribution in [3.05, 3.63) is 39.4 Å². The lowest BCUT2D eigenvalue weighted by atomic mass is 9.91. The first-order valence-electron chi connectivity index (χ1n) is 7.68. The van der Waals surface area contributed by atoms with Gasteiger partial charge in [0.1, 0.15) is 11.8 Å². The van der Waals surface area contributed by atoms with Gasteiger partial charge in [0.05, 0.1) is 10.0 Å². The minimum Gasteiger partial charge on any atom is -0.434 e. The molecular formula is C18H21BrF2N2O2. The highest BCUT2D eigenvalue weighted by atomic mass is 79.9. The summed E-state index contributed by atoms with van der Waals surface area (Å²) in [6.07, 6.45) is 1.93. The highest BCUT2D eigenvalue weighted by Gasteiger charge is 2.20. The number of Topliss-reactive ketones (excluding diaryl/α,β-unsaturated/α-hetero) is 1. The van der Waals surface area contributed by atoms with Crippen LogP contribution in [0.5, 0.6) is 5.75 Å². The van der Waals surface area contributed by atoms with Gasteiger partial charge in [-0.2, -0.15) is 14.0 Å². The zero-order valence-electron chi connectivity index (χ0n) is 14.6. The number of nitrogens with zero attached hydrogens (tertiary/aromatic N) is 2. The quantitative estimate of drug-likeness (QED) is 0.474. The van der Waals surface area contributed by atoms with Crippen molar-refractivity contribution in [3.8, 4) is 11.8 Å². The summed E-state index contributed by atoms with van der Waals surface area (Å²) in [5.41, 5.74) is 1.69. The van der Waals surface area contributed by atoms with Crippen LogP contribution in [0.4, 0.5) is 8.78 Å². The Bertz CT molecular complexity index is 697. The van der Waals surface area contributed by atoms with Crippen LogP contribution in [0.15, 0.2) is 28.3 Å². The molecular weight excluding hydrogens is 394 g/mol. The fraction of sp³-hybridized carbons (Fsp3) is 0.444. The van der Waals surface area contributed by atoms with Crippen molar-refractivity contribution in [1.29, 1.82) is 5.26 Å². The Labute approximate surface area is 155 Å². The maximum absolute atomic E-state index is 12.5. The molecule has 1 atom stereocenters. The normalized spacial score (nSPS) is 13.0. The van der Waals surface area contributed by atoms with Crippen molar-refractivity contribution in [2.24, 2.45) is 5.92 Å². The third kappa shape index (κ3) is 6.56. The van der Waals surface area contributed by atoms with Gasteiger partial charge in [0.15, 0.2) is 5.78 Å². The number of alkyl halides is 2. The van der Waals surface area contributed by atoms with E-state index in [0.29, 0.717) is 17.4 Å². The second-order valence-electron chi connectivity index (χ2n) is 6.05. The van der Waals surface area contributed by atoms with Crippen molar-refractivity contribution in [3.63, 3.8) is 0 Å². The zero-order chi connectivity index (χ0) is 19.1. The Hall–Kier alpha value is -1.78. The molecule has 7 heteroatoms. The first kappa shape index (κ1) is 21.3. The largest absolute Gasteiger partial charge is 0.434 e. The monoisotopic (exact) mass is 414 g/mol. The molecule has 1 aromatic rings. The van der Waals surface area contributed by atoms with Gasteiger partial charge in [0, 0.05) is 12.5 Å². The molecule has 0 N–H and O–H groups in total. The SMILES string of the molecule is Cc1cc(Br)c(OC(F)F)cc1CC(C)C(=O)/C(C#N)=C/CN(C)C. The Morgan fingerprint density at radius 1 is 1.44 bits per heavy atom. The van der Waals surface area contributed by atoms with E-state index < -0.39 is 12.5 Å². The summed E-state index contributed by atoms with van der Waals surface area (Å²) >= 11 is 3.19. The van der Waals surface area contributed by atoms with E-state index in [0.717, 1.165) is 11.1 Å². The van der Waals surface area contributed by atoms with Gasteiger partial charge in [-0.1, -0.05) is 6.92 Å². The number of carbonyl (C=O) groups is 1. The van der Waals surface area contributed by atoms with E-state index in [1.807, 2.05) is 32.0 Å². The van der Waals surface area contributed by atoms with Gasteiger partial charge < -0.3 is 9.64 Å². The van der Waals surface area contributed by atoms with Crippen LogP contribution in [0.3, 0.4) is 0 Å². The number of hydrogen-bond donors (Lipinski definition) is 0. The van der Waals surface area contributed by atoms with Crippen LogP contribution >= 0.6 is 15.9 Å². The molecule has 0 aliphatic heterocycles. The molecule has 0 saturated heterocycles. The predicted octanol–water partition coefficient (Wildman–Crippen LogP) is 4.12. The second-order valence-corrected chi connectivity index (χ2v) is 6.90. The number of allylic oxidation sites excluding steroid dienone is 1. The predicted molar refractivity (Wildman–Crippen MR) is 95.6 cm³/mol. The first-order valence-corrected chi connectivity index (χ1v) is 8.48. The maximum Gasteiger partial charge on any atom is 0.387 e. The summed E-state index contributed by atoms with van der Waals surface area (Å²) in [4.78, 5) is 14.3. The second kappa shape index (κ2) is 9.64. The number of likely N-dealkylation sites (N-methyl/N-ethyl adjacent to an activating group) is 1. The molecule has 0 aliphatic rings. The molecule has 0 bridgehead atoms. The fourth-order valence-electron chi connectivity index (χ4n) is 2.26. The maximum atomic E-state index is 12.5. The molecule has 0 heterocycles. The van der Waals surface area contributed by atoms with Crippen molar-refractivity contribution in [2.45, 2.75) is 26.9 Å². The lowest BCUT2D eigenvalue weighted by molar-refractivity contribution is -0.118. The summed E-state index contributed by atoms with van der Waals surface area (Å²) < 4.78 is 29.9. The van der Waals surface area contributed by atoms with Gasteiger partial charge >= 0.3 is 6.61 Å². The van der Waals surface area contributed by atoms with Crippen molar-refractivity contribution < 1.29 is 18.3 Å². The molecule has 1 rings (SSSR count). The summed E-state index contributed by atoms with van der Waals surface area (Å²) in [6, 6.07) is 5.12. The number of aryl methyl sites for hydroxylation is 1. The number of nitriles is 1. The Kier molecular flexibility index (Phi) is 8.20. The smallest absolute Gasteiger partial charge is 0.387 e. The average molecular weight is 415 g/mol. The Morgan fingerprint density at radius 3 is 2.60 bits per heavy atom. The standard InChI is InChI=1S/C18H21BrF2N2O2/c1-11-8-15(19)16(25-18(20)21)9-14(11)7-12(2)17(24)13(10-22)5-6-23(3)4/h5,8-9,12,18H,6-7H2,1-4H3/b13-5+. The van der Waals surface area contributed by atoms with Crippen molar-refractivity contribution >= 4 is 21.7 Å². The van der Waals surface area contributed by atoms with Crippen molar-refractivity contribution in [2.75, 3.05) is 20.6 Å². The lowest BCUT2D eigenvalue weighted by Crippen LogP contribution is -2.18. The molecule has 0 fully saturated rings. The van der Waals surface area contributed by atoms with Crippen LogP contribution in [0.2, 0.25) is 0 Å². The number of hydrogen-bond acceptors (Lipinski definition) is 4. The van der Waals surface area contributed by atoms with Gasteiger partial charge in [-0.15, -0.1) is 0 Å². The van der Waals surface area contributed by atoms with E-state index in [1.165, 1.54) is 6.07 Å². The molecule has 0 aromatic heterocycles. The summed E-state index contributed by atoms with van der Waals surface area (Å²) in [5.74, 6) is -0.686. The number of rotatable bonds is 8. The van der Waals surface area contributed by atoms with Gasteiger partial charge in [-0.25, -0.2) is 0 Å². The molecule has 1 aromatic carbocycles. The highest BCUT2D eigenvalue weighted by Crippen LogP contribution is 2.31. The summed E-state index contributed by atoms with van der Waals surface area (Å²) in [6.45, 7) is 1.12. The van der Waals surface area contributed by atoms with Crippen LogP contribution in [0.25, 0.3) is 0 Å². The summed E-state index contributed by atoms with van der Waals surface area (Å²) in [5, 5.41) is 9.19. The summed E-state index contributed by atoms with van der Waals surface area (Å²) in [7, 11) is 3.68. The van der Waals surface area contributed by atoms with Crippen LogP contribution in [0, 0.1) is 24.2 Å². The number of ether oxygens (including phenoxy) is 1. The highest BCUT2D eigenvalue weighted by molar-refractivity contribution is 9.10. The molecule has 136 valence electrons. The Morgan fingerprint density at radius 2 is 2.08 bits per heavy atom. The molecule has 0 saturated carbocycles. The number of benzene rings is 1. The Balaban J connectivity index is 2.99. The molecule has 0 amide bonds. The van der Waals surface area contributed by atoms with Crippen LogP contribution in [-0.4, -0.2) is 37.9 Å². The third-order valence-corrected chi connectivity index (χ3v) is 4.25.